The summed E-state index contributed by atoms with van der Waals surface area (Å²) >= 11 is 3.58. The quantitative estimate of drug-likeness (QED) is 0.530. The average molecular weight is 433 g/mol. The zero-order valence-corrected chi connectivity index (χ0v) is 16.8. The third kappa shape index (κ3) is 2.94. The van der Waals surface area contributed by atoms with Gasteiger partial charge in [0, 0.05) is 16.0 Å². The van der Waals surface area contributed by atoms with Crippen LogP contribution in [0, 0.1) is 11.7 Å². The summed E-state index contributed by atoms with van der Waals surface area (Å²) in [7, 11) is 0. The second-order valence-electron chi connectivity index (χ2n) is 7.50. The highest BCUT2D eigenvalue weighted by Gasteiger charge is 2.23. The van der Waals surface area contributed by atoms with E-state index < -0.39 is 0 Å². The fraction of sp³-hybridized carbons (Fsp3) is 0.160. The second-order valence-corrected chi connectivity index (χ2v) is 8.41. The number of ketones is 1. The van der Waals surface area contributed by atoms with Gasteiger partial charge in [0.15, 0.2) is 5.78 Å². The molecule has 0 aliphatic heterocycles. The van der Waals surface area contributed by atoms with Crippen LogP contribution in [0.2, 0.25) is 0 Å². The van der Waals surface area contributed by atoms with E-state index in [4.69, 9.17) is 0 Å². The molecule has 0 N–H and O–H groups in total. The number of Topliss-reactive ketones (excluding diaryl/α,β-unsaturated/α-hetero) is 1. The van der Waals surface area contributed by atoms with E-state index in [2.05, 4.69) is 58.4 Å². The molecule has 0 heterocycles. The van der Waals surface area contributed by atoms with Crippen LogP contribution >= 0.6 is 15.9 Å². The fourth-order valence-electron chi connectivity index (χ4n) is 4.40. The first-order valence-corrected chi connectivity index (χ1v) is 10.3. The molecule has 3 aromatic rings. The first kappa shape index (κ1) is 17.6. The van der Waals surface area contributed by atoms with Gasteiger partial charge in [-0.05, 0) is 76.2 Å². The number of hydrogen-bond acceptors (Lipinski definition) is 1. The van der Waals surface area contributed by atoms with E-state index in [0.29, 0.717) is 5.56 Å². The Morgan fingerprint density at radius 1 is 0.964 bits per heavy atom. The molecule has 2 aliphatic rings. The van der Waals surface area contributed by atoms with Crippen molar-refractivity contribution in [3.8, 4) is 11.1 Å². The molecule has 0 fully saturated rings. The molecule has 0 bridgehead atoms. The van der Waals surface area contributed by atoms with Crippen molar-refractivity contribution in [3.63, 3.8) is 0 Å². The van der Waals surface area contributed by atoms with Gasteiger partial charge < -0.3 is 0 Å². The Morgan fingerprint density at radius 2 is 1.82 bits per heavy atom. The van der Waals surface area contributed by atoms with Crippen molar-refractivity contribution < 1.29 is 9.18 Å². The molecule has 138 valence electrons. The van der Waals surface area contributed by atoms with E-state index in [9.17, 15) is 9.18 Å². The number of benzene rings is 3. The summed E-state index contributed by atoms with van der Waals surface area (Å²) in [4.78, 5) is 13.0. The minimum Gasteiger partial charge on any atom is -0.294 e. The standard InChI is InChI=1S/C25H18BrFO/c26-19-9-6-16-8-10-21-22(24(16)14-19)11-7-15-4-5-18(13-23(15)21)25(28)17-2-1-3-20(27)12-17/h1-3,6-7,9-14,18H,4-5,8H2. The molecule has 28 heavy (non-hydrogen) atoms. The van der Waals surface area contributed by atoms with Gasteiger partial charge in [-0.2, -0.15) is 0 Å². The summed E-state index contributed by atoms with van der Waals surface area (Å²) in [5.74, 6) is -0.574. The highest BCUT2D eigenvalue weighted by molar-refractivity contribution is 9.10. The van der Waals surface area contributed by atoms with Crippen molar-refractivity contribution in [3.05, 3.63) is 92.0 Å². The van der Waals surface area contributed by atoms with Crippen molar-refractivity contribution in [2.24, 2.45) is 5.92 Å². The Morgan fingerprint density at radius 3 is 2.68 bits per heavy atom. The summed E-state index contributed by atoms with van der Waals surface area (Å²) in [6.45, 7) is 0. The Kier molecular flexibility index (Phi) is 4.28. The van der Waals surface area contributed by atoms with Crippen LogP contribution in [0.25, 0.3) is 23.3 Å². The minimum absolute atomic E-state index is 0.00158. The average Bonchev–Trinajstić information content (AvgIpc) is 2.72. The Bertz CT molecular complexity index is 1240. The number of fused-ring (bicyclic) bond motifs is 5. The van der Waals surface area contributed by atoms with Crippen LogP contribution in [0.4, 0.5) is 4.39 Å². The predicted molar refractivity (Wildman–Crippen MR) is 114 cm³/mol. The Hall–Kier alpha value is -2.52. The summed E-state index contributed by atoms with van der Waals surface area (Å²) in [5.41, 5.74) is 5.53. The first-order chi connectivity index (χ1) is 13.6. The van der Waals surface area contributed by atoms with E-state index in [1.807, 2.05) is 0 Å². The van der Waals surface area contributed by atoms with Gasteiger partial charge in [0.05, 0.1) is 0 Å². The molecule has 0 aromatic heterocycles. The molecular weight excluding hydrogens is 415 g/mol. The predicted octanol–water partition coefficient (Wildman–Crippen LogP) is 4.82. The highest BCUT2D eigenvalue weighted by Crippen LogP contribution is 2.29. The molecule has 0 spiro atoms. The van der Waals surface area contributed by atoms with Crippen LogP contribution in [-0.4, -0.2) is 5.78 Å². The van der Waals surface area contributed by atoms with E-state index in [1.165, 1.54) is 44.8 Å². The molecule has 5 rings (SSSR count). The molecule has 1 nitrogen and oxygen atoms in total. The van der Waals surface area contributed by atoms with Crippen LogP contribution in [0.5, 0.6) is 0 Å². The number of halogens is 2. The number of carbonyl (C=O) groups excluding carboxylic acids is 1. The van der Waals surface area contributed by atoms with E-state index in [-0.39, 0.29) is 17.5 Å². The molecule has 0 saturated heterocycles. The molecule has 2 aliphatic carbocycles. The van der Waals surface area contributed by atoms with Crippen molar-refractivity contribution in [1.82, 2.24) is 0 Å². The third-order valence-electron chi connectivity index (χ3n) is 5.80. The van der Waals surface area contributed by atoms with Crippen LogP contribution < -0.4 is 10.4 Å². The van der Waals surface area contributed by atoms with Crippen molar-refractivity contribution >= 4 is 33.9 Å². The van der Waals surface area contributed by atoms with Gasteiger partial charge in [0.2, 0.25) is 0 Å². The lowest BCUT2D eigenvalue weighted by Crippen LogP contribution is -2.37. The van der Waals surface area contributed by atoms with Gasteiger partial charge in [0.25, 0.3) is 0 Å². The second kappa shape index (κ2) is 6.82. The topological polar surface area (TPSA) is 17.1 Å². The summed E-state index contributed by atoms with van der Waals surface area (Å²) < 4.78 is 14.6. The van der Waals surface area contributed by atoms with E-state index >= 15 is 0 Å². The number of aryl methyl sites for hydroxylation is 1. The smallest absolute Gasteiger partial charge is 0.169 e. The maximum Gasteiger partial charge on any atom is 0.169 e. The highest BCUT2D eigenvalue weighted by atomic mass is 79.9. The SMILES string of the molecule is O=C(c1cccc(F)c1)C1C=c2c(ccc3c2=CCc2ccc(Br)cc2-3)CC1. The number of carbonyl (C=O) groups is 1. The largest absolute Gasteiger partial charge is 0.294 e. The summed E-state index contributed by atoms with van der Waals surface area (Å²) in [5, 5.41) is 2.39. The first-order valence-electron chi connectivity index (χ1n) is 9.53. The van der Waals surface area contributed by atoms with Gasteiger partial charge in [-0.15, -0.1) is 0 Å². The zero-order valence-electron chi connectivity index (χ0n) is 15.2. The minimum atomic E-state index is -0.366. The van der Waals surface area contributed by atoms with Gasteiger partial charge in [0.1, 0.15) is 5.82 Å². The maximum atomic E-state index is 13.6. The normalized spacial score (nSPS) is 16.9. The lowest BCUT2D eigenvalue weighted by molar-refractivity contribution is 0.0946. The van der Waals surface area contributed by atoms with E-state index in [1.54, 1.807) is 12.1 Å². The summed E-state index contributed by atoms with van der Waals surface area (Å²) in [6.07, 6.45) is 6.90. The summed E-state index contributed by atoms with van der Waals surface area (Å²) in [6, 6.07) is 16.8. The van der Waals surface area contributed by atoms with E-state index in [0.717, 1.165) is 23.7 Å². The molecule has 1 atom stereocenters. The van der Waals surface area contributed by atoms with Crippen LogP contribution in [0.15, 0.2) is 59.1 Å². The molecule has 3 aromatic carbocycles. The Labute approximate surface area is 171 Å². The van der Waals surface area contributed by atoms with Gasteiger partial charge >= 0.3 is 0 Å². The molecular formula is C25H18BrFO. The van der Waals surface area contributed by atoms with Crippen molar-refractivity contribution in [1.29, 1.82) is 0 Å². The third-order valence-corrected chi connectivity index (χ3v) is 6.30. The monoisotopic (exact) mass is 432 g/mol. The lowest BCUT2D eigenvalue weighted by atomic mass is 9.82. The van der Waals surface area contributed by atoms with Crippen LogP contribution in [0.1, 0.15) is 27.9 Å². The molecule has 1 unspecified atom stereocenters. The molecule has 0 saturated carbocycles. The number of rotatable bonds is 2. The fourth-order valence-corrected chi connectivity index (χ4v) is 4.76. The lowest BCUT2D eigenvalue weighted by Gasteiger charge is -2.21. The van der Waals surface area contributed by atoms with Crippen molar-refractivity contribution in [2.75, 3.05) is 0 Å². The Balaban J connectivity index is 1.64. The van der Waals surface area contributed by atoms with Crippen LogP contribution in [0.3, 0.4) is 0 Å². The van der Waals surface area contributed by atoms with Crippen LogP contribution in [-0.2, 0) is 12.8 Å². The molecule has 0 amide bonds. The number of hydrogen-bond donors (Lipinski definition) is 0. The van der Waals surface area contributed by atoms with Crippen molar-refractivity contribution in [2.45, 2.75) is 19.3 Å². The van der Waals surface area contributed by atoms with Gasteiger partial charge in [-0.25, -0.2) is 4.39 Å². The van der Waals surface area contributed by atoms with Gasteiger partial charge in [-0.3, -0.25) is 4.79 Å². The maximum absolute atomic E-state index is 13.6. The zero-order chi connectivity index (χ0) is 19.3. The molecule has 3 heteroatoms. The van der Waals surface area contributed by atoms with Gasteiger partial charge in [-0.1, -0.05) is 58.4 Å². The molecule has 0 radical (unpaired) electrons.